The fourth-order valence-electron chi connectivity index (χ4n) is 2.60. The Bertz CT molecular complexity index is 1040. The number of rotatable bonds is 6. The molecule has 1 heterocycles. The molecule has 0 fully saturated rings. The number of nitrogens with one attached hydrogen (secondary N) is 2. The van der Waals surface area contributed by atoms with Crippen molar-refractivity contribution < 1.29 is 17.6 Å². The van der Waals surface area contributed by atoms with Crippen LogP contribution >= 0.6 is 0 Å². The third kappa shape index (κ3) is 4.57. The SMILES string of the molecule is Cc1ccc(NS(=O)(=O)c2ccc(C(=O)NCc3ccco3)cc2)c(C)c1. The van der Waals surface area contributed by atoms with Gasteiger partial charge < -0.3 is 9.73 Å². The maximum absolute atomic E-state index is 12.6. The van der Waals surface area contributed by atoms with Crippen molar-refractivity contribution in [2.24, 2.45) is 0 Å². The Labute approximate surface area is 158 Å². The van der Waals surface area contributed by atoms with Crippen LogP contribution in [0.1, 0.15) is 27.2 Å². The number of carbonyl (C=O) groups excluding carboxylic acids is 1. The molecule has 0 unspecified atom stereocenters. The molecule has 0 atom stereocenters. The van der Waals surface area contributed by atoms with Crippen LogP contribution in [0.5, 0.6) is 0 Å². The van der Waals surface area contributed by atoms with Crippen LogP contribution in [-0.4, -0.2) is 14.3 Å². The lowest BCUT2D eigenvalue weighted by molar-refractivity contribution is 0.0948. The summed E-state index contributed by atoms with van der Waals surface area (Å²) in [6, 6.07) is 14.8. The minimum atomic E-state index is -3.74. The first kappa shape index (κ1) is 18.7. The predicted octanol–water partition coefficient (Wildman–Crippen LogP) is 3.63. The molecular formula is C20H20N2O4S. The normalized spacial score (nSPS) is 11.2. The van der Waals surface area contributed by atoms with E-state index < -0.39 is 10.0 Å². The van der Waals surface area contributed by atoms with Gasteiger partial charge in [-0.1, -0.05) is 17.7 Å². The van der Waals surface area contributed by atoms with Gasteiger partial charge in [0, 0.05) is 5.56 Å². The van der Waals surface area contributed by atoms with E-state index in [0.29, 0.717) is 17.0 Å². The average Bonchev–Trinajstić information content (AvgIpc) is 3.16. The predicted molar refractivity (Wildman–Crippen MR) is 103 cm³/mol. The highest BCUT2D eigenvalue weighted by atomic mass is 32.2. The second-order valence-corrected chi connectivity index (χ2v) is 7.89. The first-order valence-corrected chi connectivity index (χ1v) is 9.84. The molecule has 0 saturated carbocycles. The Kier molecular flexibility index (Phi) is 5.32. The number of amides is 1. The first-order valence-electron chi connectivity index (χ1n) is 8.36. The number of aryl methyl sites for hydroxylation is 2. The van der Waals surface area contributed by atoms with E-state index in [9.17, 15) is 13.2 Å². The topological polar surface area (TPSA) is 88.4 Å². The van der Waals surface area contributed by atoms with E-state index >= 15 is 0 Å². The molecule has 2 aromatic carbocycles. The molecule has 3 aromatic rings. The zero-order valence-electron chi connectivity index (χ0n) is 15.0. The lowest BCUT2D eigenvalue weighted by Gasteiger charge is -2.11. The molecule has 3 rings (SSSR count). The lowest BCUT2D eigenvalue weighted by atomic mass is 10.1. The Morgan fingerprint density at radius 3 is 2.41 bits per heavy atom. The van der Waals surface area contributed by atoms with Crippen LogP contribution in [0.2, 0.25) is 0 Å². The van der Waals surface area contributed by atoms with Crippen LogP contribution in [0.15, 0.2) is 70.2 Å². The van der Waals surface area contributed by atoms with Crippen molar-refractivity contribution in [1.29, 1.82) is 0 Å². The average molecular weight is 384 g/mol. The van der Waals surface area contributed by atoms with Gasteiger partial charge in [0.25, 0.3) is 15.9 Å². The van der Waals surface area contributed by atoms with Crippen LogP contribution in [0, 0.1) is 13.8 Å². The second kappa shape index (κ2) is 7.67. The summed E-state index contributed by atoms with van der Waals surface area (Å²) in [4.78, 5) is 12.2. The molecule has 1 aromatic heterocycles. The molecule has 0 radical (unpaired) electrons. The molecule has 7 heteroatoms. The maximum Gasteiger partial charge on any atom is 0.261 e. The van der Waals surface area contributed by atoms with Gasteiger partial charge in [-0.3, -0.25) is 9.52 Å². The van der Waals surface area contributed by atoms with Gasteiger partial charge in [-0.2, -0.15) is 0 Å². The van der Waals surface area contributed by atoms with Gasteiger partial charge >= 0.3 is 0 Å². The third-order valence-electron chi connectivity index (χ3n) is 4.06. The zero-order valence-corrected chi connectivity index (χ0v) is 15.8. The highest BCUT2D eigenvalue weighted by Crippen LogP contribution is 2.21. The quantitative estimate of drug-likeness (QED) is 0.679. The fraction of sp³-hybridized carbons (Fsp3) is 0.150. The molecule has 0 saturated heterocycles. The van der Waals surface area contributed by atoms with Crippen molar-refractivity contribution in [2.75, 3.05) is 4.72 Å². The van der Waals surface area contributed by atoms with E-state index in [-0.39, 0.29) is 17.3 Å². The minimum absolute atomic E-state index is 0.0880. The Balaban J connectivity index is 1.70. The maximum atomic E-state index is 12.6. The third-order valence-corrected chi connectivity index (χ3v) is 5.44. The van der Waals surface area contributed by atoms with Gasteiger partial charge in [0.15, 0.2) is 0 Å². The number of carbonyl (C=O) groups is 1. The molecule has 0 aliphatic carbocycles. The smallest absolute Gasteiger partial charge is 0.261 e. The number of hydrogen-bond acceptors (Lipinski definition) is 4. The van der Waals surface area contributed by atoms with Gasteiger partial charge in [-0.25, -0.2) is 8.42 Å². The number of furan rings is 1. The van der Waals surface area contributed by atoms with Gasteiger partial charge in [-0.05, 0) is 61.9 Å². The summed E-state index contributed by atoms with van der Waals surface area (Å²) >= 11 is 0. The summed E-state index contributed by atoms with van der Waals surface area (Å²) in [5, 5.41) is 2.71. The molecule has 0 aliphatic heterocycles. The fourth-order valence-corrected chi connectivity index (χ4v) is 3.73. The van der Waals surface area contributed by atoms with Crippen LogP contribution in [0.4, 0.5) is 5.69 Å². The molecule has 1 amide bonds. The van der Waals surface area contributed by atoms with Gasteiger partial charge in [0.2, 0.25) is 0 Å². The van der Waals surface area contributed by atoms with Crippen LogP contribution in [0.3, 0.4) is 0 Å². The standard InChI is InChI=1S/C20H20N2O4S/c1-14-5-10-19(15(2)12-14)22-27(24,25)18-8-6-16(7-9-18)20(23)21-13-17-4-3-11-26-17/h3-12,22H,13H2,1-2H3,(H,21,23). The van der Waals surface area contributed by atoms with Gasteiger partial charge in [0.1, 0.15) is 5.76 Å². The van der Waals surface area contributed by atoms with E-state index in [0.717, 1.165) is 11.1 Å². The monoisotopic (exact) mass is 384 g/mol. The highest BCUT2D eigenvalue weighted by Gasteiger charge is 2.16. The summed E-state index contributed by atoms with van der Waals surface area (Å²) < 4.78 is 32.9. The van der Waals surface area contributed by atoms with E-state index in [1.54, 1.807) is 18.2 Å². The van der Waals surface area contributed by atoms with Crippen molar-refractivity contribution >= 4 is 21.6 Å². The Hall–Kier alpha value is -3.06. The summed E-state index contributed by atoms with van der Waals surface area (Å²) in [6.45, 7) is 4.05. The molecular weight excluding hydrogens is 364 g/mol. The second-order valence-electron chi connectivity index (χ2n) is 6.21. The van der Waals surface area contributed by atoms with Crippen LogP contribution < -0.4 is 10.0 Å². The Morgan fingerprint density at radius 1 is 1.04 bits per heavy atom. The van der Waals surface area contributed by atoms with Crippen molar-refractivity contribution in [2.45, 2.75) is 25.3 Å². The number of benzene rings is 2. The van der Waals surface area contributed by atoms with Crippen molar-refractivity contribution in [3.8, 4) is 0 Å². The molecule has 140 valence electrons. The summed E-state index contributed by atoms with van der Waals surface area (Å²) in [6.07, 6.45) is 1.53. The van der Waals surface area contributed by atoms with Crippen LogP contribution in [0.25, 0.3) is 0 Å². The number of anilines is 1. The highest BCUT2D eigenvalue weighted by molar-refractivity contribution is 7.92. The molecule has 2 N–H and O–H groups in total. The van der Waals surface area contributed by atoms with E-state index in [1.165, 1.54) is 30.5 Å². The molecule has 0 spiro atoms. The van der Waals surface area contributed by atoms with E-state index in [2.05, 4.69) is 10.0 Å². The number of hydrogen-bond donors (Lipinski definition) is 2. The van der Waals surface area contributed by atoms with E-state index in [1.807, 2.05) is 26.0 Å². The molecule has 0 bridgehead atoms. The van der Waals surface area contributed by atoms with Crippen molar-refractivity contribution in [1.82, 2.24) is 5.32 Å². The zero-order chi connectivity index (χ0) is 19.4. The minimum Gasteiger partial charge on any atom is -0.467 e. The Morgan fingerprint density at radius 2 is 1.78 bits per heavy atom. The molecule has 27 heavy (non-hydrogen) atoms. The summed E-state index contributed by atoms with van der Waals surface area (Å²) in [5.41, 5.74) is 2.79. The lowest BCUT2D eigenvalue weighted by Crippen LogP contribution is -2.22. The van der Waals surface area contributed by atoms with Crippen LogP contribution in [-0.2, 0) is 16.6 Å². The molecule has 0 aliphatic rings. The van der Waals surface area contributed by atoms with Crippen molar-refractivity contribution in [3.63, 3.8) is 0 Å². The largest absolute Gasteiger partial charge is 0.467 e. The van der Waals surface area contributed by atoms with E-state index in [4.69, 9.17) is 4.42 Å². The first-order chi connectivity index (χ1) is 12.8. The van der Waals surface area contributed by atoms with Gasteiger partial charge in [0.05, 0.1) is 23.4 Å². The van der Waals surface area contributed by atoms with Gasteiger partial charge in [-0.15, -0.1) is 0 Å². The summed E-state index contributed by atoms with van der Waals surface area (Å²) in [5.74, 6) is 0.331. The summed E-state index contributed by atoms with van der Waals surface area (Å²) in [7, 11) is -3.74. The molecule has 6 nitrogen and oxygen atoms in total. The van der Waals surface area contributed by atoms with Crippen molar-refractivity contribution in [3.05, 3.63) is 83.3 Å². The number of sulfonamides is 1.